The zero-order chi connectivity index (χ0) is 16.1. The third-order valence-corrected chi connectivity index (χ3v) is 2.72. The van der Waals surface area contributed by atoms with Gasteiger partial charge in [0.25, 0.3) is 0 Å². The fourth-order valence-electron chi connectivity index (χ4n) is 1.56. The van der Waals surface area contributed by atoms with E-state index >= 15 is 0 Å². The van der Waals surface area contributed by atoms with E-state index in [1.165, 1.54) is 0 Å². The maximum absolute atomic E-state index is 8.10. The summed E-state index contributed by atoms with van der Waals surface area (Å²) in [4.78, 5) is 2.70. The van der Waals surface area contributed by atoms with Crippen molar-refractivity contribution in [3.05, 3.63) is 17.4 Å². The predicted octanol–water partition coefficient (Wildman–Crippen LogP) is 3.02. The minimum Gasteiger partial charge on any atom is -0.379 e. The number of rotatable bonds is 18. The molecular weight excluding hydrogens is 286 g/mol. The van der Waals surface area contributed by atoms with Gasteiger partial charge < -0.3 is 18.9 Å². The van der Waals surface area contributed by atoms with Gasteiger partial charge in [-0.25, -0.2) is 0 Å². The van der Waals surface area contributed by atoms with E-state index in [1.54, 1.807) is 0 Å². The smallest absolute Gasteiger partial charge is 0.0701 e. The molecule has 0 amide bonds. The Labute approximate surface area is 133 Å². The summed E-state index contributed by atoms with van der Waals surface area (Å²) in [6, 6.07) is 0. The number of azide groups is 1. The first kappa shape index (κ1) is 21.1. The van der Waals surface area contributed by atoms with Crippen molar-refractivity contribution < 1.29 is 18.9 Å². The van der Waals surface area contributed by atoms with Crippen LogP contribution in [0.4, 0.5) is 0 Å². The number of hydrogen-bond acceptors (Lipinski definition) is 5. The fourth-order valence-corrected chi connectivity index (χ4v) is 1.56. The number of nitrogens with zero attached hydrogens (tertiary/aromatic N) is 3. The van der Waals surface area contributed by atoms with E-state index in [2.05, 4.69) is 10.0 Å². The second kappa shape index (κ2) is 20.1. The van der Waals surface area contributed by atoms with Crippen molar-refractivity contribution in [1.29, 1.82) is 0 Å². The standard InChI is InChI=1S/C15H29N3O4/c1-2-3-8-19-10-12-21-14-15-22-13-11-20-9-6-4-5-7-17-18-16/h1H,2-15H2. The molecule has 0 aromatic rings. The number of unbranched alkanes of at least 4 members (excludes halogenated alkanes) is 3. The van der Waals surface area contributed by atoms with Crippen LogP contribution in [0, 0.1) is 6.92 Å². The van der Waals surface area contributed by atoms with Gasteiger partial charge >= 0.3 is 0 Å². The van der Waals surface area contributed by atoms with Crippen LogP contribution in [0.5, 0.6) is 0 Å². The second-order valence-corrected chi connectivity index (χ2v) is 4.61. The van der Waals surface area contributed by atoms with Crippen LogP contribution in [0.2, 0.25) is 0 Å². The van der Waals surface area contributed by atoms with E-state index in [0.29, 0.717) is 59.2 Å². The average molecular weight is 315 g/mol. The third kappa shape index (κ3) is 19.1. The summed E-state index contributed by atoms with van der Waals surface area (Å²) in [5.74, 6) is 0. The molecule has 0 N–H and O–H groups in total. The molecule has 2 radical (unpaired) electrons. The van der Waals surface area contributed by atoms with E-state index in [1.807, 2.05) is 0 Å². The summed E-state index contributed by atoms with van der Waals surface area (Å²) in [6.45, 7) is 10.8. The average Bonchev–Trinajstić information content (AvgIpc) is 2.54. The SMILES string of the molecule is [CH]CCCOCCOCCOCCOCCCCCN=[N+]=[N-]. The molecule has 0 saturated heterocycles. The van der Waals surface area contributed by atoms with Crippen molar-refractivity contribution >= 4 is 0 Å². The van der Waals surface area contributed by atoms with E-state index in [9.17, 15) is 0 Å². The third-order valence-electron chi connectivity index (χ3n) is 2.72. The Morgan fingerprint density at radius 1 is 0.682 bits per heavy atom. The predicted molar refractivity (Wildman–Crippen MR) is 84.7 cm³/mol. The Hall–Kier alpha value is -0.850. The van der Waals surface area contributed by atoms with Crippen molar-refractivity contribution in [2.24, 2.45) is 5.11 Å². The summed E-state index contributed by atoms with van der Waals surface area (Å²) in [5.41, 5.74) is 8.10. The largest absolute Gasteiger partial charge is 0.379 e. The van der Waals surface area contributed by atoms with Gasteiger partial charge in [0, 0.05) is 24.7 Å². The van der Waals surface area contributed by atoms with Crippen LogP contribution >= 0.6 is 0 Å². The zero-order valence-electron chi connectivity index (χ0n) is 13.5. The van der Waals surface area contributed by atoms with Gasteiger partial charge in [0.1, 0.15) is 0 Å². The topological polar surface area (TPSA) is 85.7 Å². The van der Waals surface area contributed by atoms with Crippen molar-refractivity contribution in [2.45, 2.75) is 32.1 Å². The maximum Gasteiger partial charge on any atom is 0.0701 e. The Morgan fingerprint density at radius 3 is 1.68 bits per heavy atom. The fraction of sp³-hybridized carbons (Fsp3) is 0.933. The number of ether oxygens (including phenoxy) is 4. The molecule has 0 aromatic carbocycles. The Bertz CT molecular complexity index is 261. The molecule has 7 heteroatoms. The Kier molecular flexibility index (Phi) is 19.4. The molecular formula is C15H29N3O4. The van der Waals surface area contributed by atoms with Crippen molar-refractivity contribution in [2.75, 3.05) is 59.4 Å². The number of hydrogen-bond donors (Lipinski definition) is 0. The molecule has 0 rings (SSSR count). The molecule has 0 aromatic heterocycles. The van der Waals surface area contributed by atoms with Crippen LogP contribution in [0.25, 0.3) is 10.4 Å². The minimum absolute atomic E-state index is 0.567. The van der Waals surface area contributed by atoms with Crippen LogP contribution in [-0.4, -0.2) is 59.4 Å². The van der Waals surface area contributed by atoms with Gasteiger partial charge in [-0.3, -0.25) is 0 Å². The molecule has 0 aliphatic rings. The highest BCUT2D eigenvalue weighted by atomic mass is 16.6. The molecule has 0 heterocycles. The summed E-state index contributed by atoms with van der Waals surface area (Å²) in [5, 5.41) is 3.47. The van der Waals surface area contributed by atoms with Gasteiger partial charge in [-0.2, -0.15) is 0 Å². The molecule has 0 bridgehead atoms. The van der Waals surface area contributed by atoms with Gasteiger partial charge in [0.05, 0.1) is 39.6 Å². The first-order valence-electron chi connectivity index (χ1n) is 7.93. The molecule has 0 saturated carbocycles. The van der Waals surface area contributed by atoms with Gasteiger partial charge in [-0.15, -0.1) is 0 Å². The van der Waals surface area contributed by atoms with Crippen LogP contribution in [0.15, 0.2) is 5.11 Å². The highest BCUT2D eigenvalue weighted by Crippen LogP contribution is 1.96. The highest BCUT2D eigenvalue weighted by Gasteiger charge is 1.93. The first-order valence-corrected chi connectivity index (χ1v) is 7.93. The lowest BCUT2D eigenvalue weighted by molar-refractivity contribution is -0.00227. The quantitative estimate of drug-likeness (QED) is 0.168. The lowest BCUT2D eigenvalue weighted by Gasteiger charge is -2.07. The highest BCUT2D eigenvalue weighted by molar-refractivity contribution is 4.48. The molecule has 22 heavy (non-hydrogen) atoms. The van der Waals surface area contributed by atoms with E-state index in [4.69, 9.17) is 31.4 Å². The van der Waals surface area contributed by atoms with Crippen LogP contribution < -0.4 is 0 Å². The molecule has 7 nitrogen and oxygen atoms in total. The summed E-state index contributed by atoms with van der Waals surface area (Å²) in [7, 11) is 0. The van der Waals surface area contributed by atoms with Crippen molar-refractivity contribution in [3.8, 4) is 0 Å². The first-order chi connectivity index (χ1) is 10.9. The maximum atomic E-state index is 8.10. The van der Waals surface area contributed by atoms with E-state index in [0.717, 1.165) is 32.3 Å². The lowest BCUT2D eigenvalue weighted by Crippen LogP contribution is -2.12. The lowest BCUT2D eigenvalue weighted by atomic mass is 10.2. The molecule has 0 aliphatic heterocycles. The normalized spacial score (nSPS) is 10.6. The minimum atomic E-state index is 0.567. The summed E-state index contributed by atoms with van der Waals surface area (Å²) >= 11 is 0. The summed E-state index contributed by atoms with van der Waals surface area (Å²) in [6.07, 6.45) is 4.45. The second-order valence-electron chi connectivity index (χ2n) is 4.61. The molecule has 0 aliphatic carbocycles. The molecule has 0 fully saturated rings. The van der Waals surface area contributed by atoms with E-state index < -0.39 is 0 Å². The van der Waals surface area contributed by atoms with Crippen molar-refractivity contribution in [3.63, 3.8) is 0 Å². The molecule has 0 spiro atoms. The van der Waals surface area contributed by atoms with E-state index in [-0.39, 0.29) is 0 Å². The van der Waals surface area contributed by atoms with Gasteiger partial charge in [-0.05, 0) is 38.1 Å². The van der Waals surface area contributed by atoms with Crippen LogP contribution in [0.1, 0.15) is 32.1 Å². The Morgan fingerprint density at radius 2 is 1.18 bits per heavy atom. The Balaban J connectivity index is 2.95. The van der Waals surface area contributed by atoms with Gasteiger partial charge in [-0.1, -0.05) is 11.5 Å². The van der Waals surface area contributed by atoms with Gasteiger partial charge in [0.15, 0.2) is 0 Å². The van der Waals surface area contributed by atoms with Gasteiger partial charge in [0.2, 0.25) is 0 Å². The molecule has 128 valence electrons. The monoisotopic (exact) mass is 315 g/mol. The van der Waals surface area contributed by atoms with Crippen molar-refractivity contribution in [1.82, 2.24) is 0 Å². The van der Waals surface area contributed by atoms with Crippen LogP contribution in [0.3, 0.4) is 0 Å². The molecule has 0 atom stereocenters. The molecule has 0 unspecified atom stereocenters. The van der Waals surface area contributed by atoms with Crippen LogP contribution in [-0.2, 0) is 18.9 Å². The zero-order valence-corrected chi connectivity index (χ0v) is 13.5. The summed E-state index contributed by atoms with van der Waals surface area (Å²) < 4.78 is 21.4.